The largest absolute Gasteiger partial charge is 0.398 e. The Balaban J connectivity index is 2.01. The summed E-state index contributed by atoms with van der Waals surface area (Å²) in [7, 11) is 0. The predicted octanol–water partition coefficient (Wildman–Crippen LogP) is 5.38. The summed E-state index contributed by atoms with van der Waals surface area (Å²) in [5.74, 6) is 0. The molecular weight excluding hydrogens is 300 g/mol. The monoisotopic (exact) mass is 322 g/mol. The first-order valence-electron chi connectivity index (χ1n) is 8.57. The van der Waals surface area contributed by atoms with Crippen molar-refractivity contribution in [3.63, 3.8) is 0 Å². The number of nitrogens with zero attached hydrogens (tertiary/aromatic N) is 1. The van der Waals surface area contributed by atoms with Crippen LogP contribution in [0.15, 0.2) is 30.3 Å². The van der Waals surface area contributed by atoms with Crippen LogP contribution in [0.5, 0.6) is 0 Å². The van der Waals surface area contributed by atoms with E-state index in [4.69, 9.17) is 10.7 Å². The second kappa shape index (κ2) is 5.97. The third kappa shape index (κ3) is 2.43. The number of fused-ring (bicyclic) bond motifs is 3. The SMILES string of the molecule is CCCc1c(-c2ccccc2)nc2sc3c(c2c1N)CCCC3. The summed E-state index contributed by atoms with van der Waals surface area (Å²) in [4.78, 5) is 7.71. The lowest BCUT2D eigenvalue weighted by molar-refractivity contribution is 0.700. The molecule has 1 aromatic carbocycles. The molecule has 2 heterocycles. The van der Waals surface area contributed by atoms with Crippen LogP contribution in [-0.2, 0) is 19.3 Å². The third-order valence-corrected chi connectivity index (χ3v) is 5.98. The highest BCUT2D eigenvalue weighted by atomic mass is 32.1. The zero-order valence-corrected chi connectivity index (χ0v) is 14.4. The zero-order valence-electron chi connectivity index (χ0n) is 13.6. The van der Waals surface area contributed by atoms with Crippen LogP contribution in [0.2, 0.25) is 0 Å². The molecule has 0 unspecified atom stereocenters. The predicted molar refractivity (Wildman–Crippen MR) is 100 cm³/mol. The number of aromatic nitrogens is 1. The fourth-order valence-corrected chi connectivity index (χ4v) is 4.97. The molecular formula is C20H22N2S. The molecule has 0 atom stereocenters. The second-order valence-corrected chi connectivity index (χ2v) is 7.44. The lowest BCUT2D eigenvalue weighted by atomic mass is 9.93. The van der Waals surface area contributed by atoms with Gasteiger partial charge in [-0.1, -0.05) is 43.7 Å². The molecule has 1 aliphatic carbocycles. The Bertz CT molecular complexity index is 849. The van der Waals surface area contributed by atoms with E-state index in [1.807, 2.05) is 11.3 Å². The van der Waals surface area contributed by atoms with E-state index < -0.39 is 0 Å². The van der Waals surface area contributed by atoms with Gasteiger partial charge in [-0.2, -0.15) is 0 Å². The van der Waals surface area contributed by atoms with Crippen molar-refractivity contribution in [1.29, 1.82) is 0 Å². The maximum absolute atomic E-state index is 6.68. The Morgan fingerprint density at radius 3 is 2.70 bits per heavy atom. The third-order valence-electron chi connectivity index (χ3n) is 4.79. The molecule has 0 fully saturated rings. The van der Waals surface area contributed by atoms with Crippen LogP contribution in [0.1, 0.15) is 42.2 Å². The highest BCUT2D eigenvalue weighted by Crippen LogP contribution is 2.42. The Morgan fingerprint density at radius 1 is 1.13 bits per heavy atom. The molecule has 0 spiro atoms. The van der Waals surface area contributed by atoms with Crippen molar-refractivity contribution in [2.24, 2.45) is 0 Å². The maximum Gasteiger partial charge on any atom is 0.126 e. The van der Waals surface area contributed by atoms with Crippen LogP contribution in [0, 0.1) is 0 Å². The fourth-order valence-electron chi connectivity index (χ4n) is 3.69. The van der Waals surface area contributed by atoms with Crippen molar-refractivity contribution in [2.45, 2.75) is 45.4 Å². The minimum Gasteiger partial charge on any atom is -0.398 e. The van der Waals surface area contributed by atoms with Crippen LogP contribution in [0.3, 0.4) is 0 Å². The number of hydrogen-bond donors (Lipinski definition) is 1. The van der Waals surface area contributed by atoms with Crippen molar-refractivity contribution in [2.75, 3.05) is 5.73 Å². The maximum atomic E-state index is 6.68. The molecule has 2 aromatic heterocycles. The molecule has 118 valence electrons. The standard InChI is InChI=1S/C20H22N2S/c1-2-8-15-18(21)17-14-11-6-7-12-16(14)23-20(17)22-19(15)13-9-4-3-5-10-13/h3-5,9-10H,2,6-8,11-12H2,1H3,(H2,21,22). The van der Waals surface area contributed by atoms with Gasteiger partial charge < -0.3 is 5.73 Å². The van der Waals surface area contributed by atoms with Crippen LogP contribution in [0.25, 0.3) is 21.5 Å². The van der Waals surface area contributed by atoms with E-state index >= 15 is 0 Å². The molecule has 0 bridgehead atoms. The Morgan fingerprint density at radius 2 is 1.91 bits per heavy atom. The van der Waals surface area contributed by atoms with Gasteiger partial charge in [-0.05, 0) is 37.7 Å². The number of anilines is 1. The van der Waals surface area contributed by atoms with E-state index in [1.165, 1.54) is 46.2 Å². The van der Waals surface area contributed by atoms with Gasteiger partial charge in [-0.3, -0.25) is 0 Å². The van der Waals surface area contributed by atoms with Gasteiger partial charge in [0.2, 0.25) is 0 Å². The summed E-state index contributed by atoms with van der Waals surface area (Å²) < 4.78 is 0. The molecule has 0 radical (unpaired) electrons. The van der Waals surface area contributed by atoms with Gasteiger partial charge in [-0.15, -0.1) is 11.3 Å². The molecule has 2 N–H and O–H groups in total. The number of benzene rings is 1. The topological polar surface area (TPSA) is 38.9 Å². The van der Waals surface area contributed by atoms with E-state index in [0.29, 0.717) is 0 Å². The molecule has 0 aliphatic heterocycles. The van der Waals surface area contributed by atoms with Gasteiger partial charge >= 0.3 is 0 Å². The number of rotatable bonds is 3. The van der Waals surface area contributed by atoms with Gasteiger partial charge in [0.15, 0.2) is 0 Å². The van der Waals surface area contributed by atoms with E-state index in [-0.39, 0.29) is 0 Å². The van der Waals surface area contributed by atoms with Gasteiger partial charge in [0, 0.05) is 27.1 Å². The summed E-state index contributed by atoms with van der Waals surface area (Å²) in [5.41, 5.74) is 12.6. The Hall–Kier alpha value is -1.87. The summed E-state index contributed by atoms with van der Waals surface area (Å²) >= 11 is 1.86. The van der Waals surface area contributed by atoms with Gasteiger partial charge in [0.25, 0.3) is 0 Å². The molecule has 0 amide bonds. The molecule has 0 saturated heterocycles. The number of pyridine rings is 1. The van der Waals surface area contributed by atoms with E-state index in [2.05, 4.69) is 37.3 Å². The highest BCUT2D eigenvalue weighted by molar-refractivity contribution is 7.19. The first-order chi connectivity index (χ1) is 11.3. The average Bonchev–Trinajstić information content (AvgIpc) is 2.96. The summed E-state index contributed by atoms with van der Waals surface area (Å²) in [6.07, 6.45) is 7.01. The number of nitrogen functional groups attached to an aromatic ring is 1. The number of hydrogen-bond acceptors (Lipinski definition) is 3. The van der Waals surface area contributed by atoms with Crippen molar-refractivity contribution >= 4 is 27.2 Å². The van der Waals surface area contributed by atoms with E-state index in [9.17, 15) is 0 Å². The summed E-state index contributed by atoms with van der Waals surface area (Å²) in [6, 6.07) is 10.5. The number of aryl methyl sites for hydroxylation is 2. The van der Waals surface area contributed by atoms with Crippen LogP contribution >= 0.6 is 11.3 Å². The van der Waals surface area contributed by atoms with Crippen molar-refractivity contribution in [1.82, 2.24) is 4.98 Å². The lowest BCUT2D eigenvalue weighted by Crippen LogP contribution is -2.03. The van der Waals surface area contributed by atoms with Crippen molar-refractivity contribution < 1.29 is 0 Å². The molecule has 3 aromatic rings. The summed E-state index contributed by atoms with van der Waals surface area (Å²) in [6.45, 7) is 2.21. The first kappa shape index (κ1) is 14.7. The van der Waals surface area contributed by atoms with Crippen molar-refractivity contribution in [3.05, 3.63) is 46.3 Å². The lowest BCUT2D eigenvalue weighted by Gasteiger charge is -2.15. The zero-order chi connectivity index (χ0) is 15.8. The summed E-state index contributed by atoms with van der Waals surface area (Å²) in [5, 5.41) is 1.26. The molecule has 3 heteroatoms. The molecule has 0 saturated carbocycles. The van der Waals surface area contributed by atoms with Gasteiger partial charge in [0.1, 0.15) is 4.83 Å². The minimum atomic E-state index is 0.982. The van der Waals surface area contributed by atoms with Crippen LogP contribution in [0.4, 0.5) is 5.69 Å². The van der Waals surface area contributed by atoms with Crippen LogP contribution < -0.4 is 5.73 Å². The second-order valence-electron chi connectivity index (χ2n) is 6.36. The highest BCUT2D eigenvalue weighted by Gasteiger charge is 2.22. The number of thiophene rings is 1. The average molecular weight is 322 g/mol. The number of nitrogens with two attached hydrogens (primary N) is 1. The molecule has 4 rings (SSSR count). The molecule has 23 heavy (non-hydrogen) atoms. The minimum absolute atomic E-state index is 0.982. The van der Waals surface area contributed by atoms with Gasteiger partial charge in [0.05, 0.1) is 5.69 Å². The van der Waals surface area contributed by atoms with Crippen molar-refractivity contribution in [3.8, 4) is 11.3 Å². The van der Waals surface area contributed by atoms with Gasteiger partial charge in [-0.25, -0.2) is 4.98 Å². The fraction of sp³-hybridized carbons (Fsp3) is 0.350. The van der Waals surface area contributed by atoms with E-state index in [0.717, 1.165) is 35.5 Å². The first-order valence-corrected chi connectivity index (χ1v) is 9.39. The normalized spacial score (nSPS) is 14.1. The van der Waals surface area contributed by atoms with Crippen LogP contribution in [-0.4, -0.2) is 4.98 Å². The molecule has 1 aliphatic rings. The smallest absolute Gasteiger partial charge is 0.126 e. The Labute approximate surface area is 141 Å². The quantitative estimate of drug-likeness (QED) is 0.703. The van der Waals surface area contributed by atoms with E-state index in [1.54, 1.807) is 0 Å². The Kier molecular flexibility index (Phi) is 3.82. The molecule has 2 nitrogen and oxygen atoms in total.